The van der Waals surface area contributed by atoms with Gasteiger partial charge in [-0.25, -0.2) is 13.8 Å². The number of hydrazone groups is 1. The Kier molecular flexibility index (Phi) is 9.35. The molecule has 0 atom stereocenters. The minimum Gasteiger partial charge on any atom is -0.495 e. The lowest BCUT2D eigenvalue weighted by molar-refractivity contribution is -0.126. The summed E-state index contributed by atoms with van der Waals surface area (Å²) in [6, 6.07) is 23.2. The van der Waals surface area contributed by atoms with Crippen molar-refractivity contribution in [1.82, 2.24) is 5.43 Å². The molecule has 0 heterocycles. The number of benzene rings is 3. The summed E-state index contributed by atoms with van der Waals surface area (Å²) >= 11 is 0. The van der Waals surface area contributed by atoms with Crippen LogP contribution in [0.4, 0.5) is 11.4 Å². The summed E-state index contributed by atoms with van der Waals surface area (Å²) < 4.78 is 32.6. The molecule has 0 unspecified atom stereocenters. The highest BCUT2D eigenvalue weighted by Gasteiger charge is 2.24. The second-order valence-corrected chi connectivity index (χ2v) is 9.47. The number of methoxy groups -OCH3 is 1. The Bertz CT molecular complexity index is 1400. The fourth-order valence-corrected chi connectivity index (χ4v) is 4.78. The monoisotopic (exact) mass is 519 g/mol. The molecule has 0 saturated heterocycles. The summed E-state index contributed by atoms with van der Waals surface area (Å²) in [4.78, 5) is 24.3. The number of nitrogens with one attached hydrogen (secondary N) is 2. The van der Waals surface area contributed by atoms with Crippen molar-refractivity contribution in [3.63, 3.8) is 0 Å². The highest BCUT2D eigenvalue weighted by Crippen LogP contribution is 2.24. The first-order valence-electron chi connectivity index (χ1n) is 11.1. The van der Waals surface area contributed by atoms with Crippen LogP contribution in [-0.4, -0.2) is 40.1 Å². The number of para-hydroxylation sites is 2. The van der Waals surface area contributed by atoms with E-state index in [0.29, 0.717) is 22.7 Å². The van der Waals surface area contributed by atoms with Gasteiger partial charge in [0.2, 0.25) is 11.8 Å². The Hall–Kier alpha value is -4.69. The number of nitrogens with zero attached hydrogens (tertiary/aromatic N) is 3. The van der Waals surface area contributed by atoms with Crippen LogP contribution in [-0.2, 0) is 19.6 Å². The van der Waals surface area contributed by atoms with Crippen molar-refractivity contribution in [1.29, 1.82) is 5.26 Å². The van der Waals surface area contributed by atoms with Crippen LogP contribution in [0.3, 0.4) is 0 Å². The zero-order valence-corrected chi connectivity index (χ0v) is 20.8. The zero-order chi connectivity index (χ0) is 26.7. The van der Waals surface area contributed by atoms with Gasteiger partial charge in [0.15, 0.2) is 0 Å². The standard InChI is InChI=1S/C26H25N5O5S/c1-36-24-11-6-5-10-23(24)29-25(32)18-26(33)30-28-19-20-12-14-21(15-13-20)31(17-7-16-27)37(34,35)22-8-3-2-4-9-22/h2-6,8-15,19H,7,17-18H2,1H3,(H,29,32)(H,30,33). The van der Waals surface area contributed by atoms with Gasteiger partial charge < -0.3 is 10.1 Å². The topological polar surface area (TPSA) is 141 Å². The number of nitriles is 1. The molecule has 0 spiro atoms. The summed E-state index contributed by atoms with van der Waals surface area (Å²) in [6.45, 7) is -0.00581. The predicted octanol–water partition coefficient (Wildman–Crippen LogP) is 3.28. The SMILES string of the molecule is COc1ccccc1NC(=O)CC(=O)NN=Cc1ccc(N(CCC#N)S(=O)(=O)c2ccccc2)cc1. The molecule has 10 nitrogen and oxygen atoms in total. The van der Waals surface area contributed by atoms with Crippen LogP contribution >= 0.6 is 0 Å². The van der Waals surface area contributed by atoms with Crippen molar-refractivity contribution < 1.29 is 22.7 Å². The zero-order valence-electron chi connectivity index (χ0n) is 20.0. The lowest BCUT2D eigenvalue weighted by atomic mass is 10.2. The summed E-state index contributed by atoms with van der Waals surface area (Å²) in [6.07, 6.45) is 0.941. The molecule has 2 N–H and O–H groups in total. The molecular formula is C26H25N5O5S. The van der Waals surface area contributed by atoms with Gasteiger partial charge in [-0.1, -0.05) is 42.5 Å². The third kappa shape index (κ3) is 7.39. The third-order valence-corrected chi connectivity index (χ3v) is 6.89. The van der Waals surface area contributed by atoms with E-state index in [0.717, 1.165) is 0 Å². The van der Waals surface area contributed by atoms with E-state index < -0.39 is 28.3 Å². The van der Waals surface area contributed by atoms with Crippen LogP contribution in [0.15, 0.2) is 88.9 Å². The second kappa shape index (κ2) is 12.9. The third-order valence-electron chi connectivity index (χ3n) is 5.04. The van der Waals surface area contributed by atoms with Crippen molar-refractivity contribution in [2.75, 3.05) is 23.3 Å². The van der Waals surface area contributed by atoms with E-state index in [1.54, 1.807) is 66.7 Å². The smallest absolute Gasteiger partial charge is 0.264 e. The van der Waals surface area contributed by atoms with Gasteiger partial charge in [0.25, 0.3) is 10.0 Å². The van der Waals surface area contributed by atoms with Crippen LogP contribution in [0.1, 0.15) is 18.4 Å². The largest absolute Gasteiger partial charge is 0.495 e. The minimum absolute atomic E-state index is 0.00581. The summed E-state index contributed by atoms with van der Waals surface area (Å²) in [5.74, 6) is -0.670. The molecule has 3 aromatic rings. The van der Waals surface area contributed by atoms with E-state index >= 15 is 0 Å². The maximum Gasteiger partial charge on any atom is 0.264 e. The Morgan fingerprint density at radius 3 is 2.35 bits per heavy atom. The molecule has 3 rings (SSSR count). The maximum absolute atomic E-state index is 13.1. The van der Waals surface area contributed by atoms with E-state index in [1.165, 1.54) is 29.8 Å². The quantitative estimate of drug-likeness (QED) is 0.226. The molecule has 3 aromatic carbocycles. The lowest BCUT2D eigenvalue weighted by Gasteiger charge is -2.23. The van der Waals surface area contributed by atoms with Crippen molar-refractivity contribution in [3.8, 4) is 11.8 Å². The van der Waals surface area contributed by atoms with E-state index in [4.69, 9.17) is 10.00 Å². The number of hydrogen-bond donors (Lipinski definition) is 2. The number of rotatable bonds is 11. The molecule has 0 saturated carbocycles. The molecule has 0 aliphatic rings. The number of hydrogen-bond acceptors (Lipinski definition) is 7. The number of carbonyl (C=O) groups is 2. The van der Waals surface area contributed by atoms with E-state index in [1.807, 2.05) is 6.07 Å². The lowest BCUT2D eigenvalue weighted by Crippen LogP contribution is -2.31. The molecule has 0 fully saturated rings. The van der Waals surface area contributed by atoms with Gasteiger partial charge in [-0.05, 0) is 42.0 Å². The van der Waals surface area contributed by atoms with Gasteiger partial charge in [0.05, 0.1) is 42.1 Å². The Morgan fingerprint density at radius 2 is 1.68 bits per heavy atom. The van der Waals surface area contributed by atoms with Gasteiger partial charge in [0, 0.05) is 6.54 Å². The van der Waals surface area contributed by atoms with Gasteiger partial charge in [-0.15, -0.1) is 0 Å². The normalized spacial score (nSPS) is 10.9. The molecule has 2 amide bonds. The van der Waals surface area contributed by atoms with E-state index in [-0.39, 0.29) is 17.9 Å². The molecule has 0 radical (unpaired) electrons. The first-order valence-corrected chi connectivity index (χ1v) is 12.6. The molecular weight excluding hydrogens is 494 g/mol. The number of ether oxygens (including phenoxy) is 1. The Morgan fingerprint density at radius 1 is 1.00 bits per heavy atom. The fraction of sp³-hybridized carbons (Fsp3) is 0.154. The Balaban J connectivity index is 1.61. The fourth-order valence-electron chi connectivity index (χ4n) is 3.29. The highest BCUT2D eigenvalue weighted by molar-refractivity contribution is 7.92. The van der Waals surface area contributed by atoms with Gasteiger partial charge >= 0.3 is 0 Å². The average molecular weight is 520 g/mol. The molecule has 0 aliphatic heterocycles. The Labute approximate surface area is 215 Å². The van der Waals surface area contributed by atoms with Crippen molar-refractivity contribution in [2.24, 2.45) is 5.10 Å². The maximum atomic E-state index is 13.1. The molecule has 0 bridgehead atoms. The first kappa shape index (κ1) is 26.9. The summed E-state index contributed by atoms with van der Waals surface area (Å²) in [5, 5.41) is 15.4. The van der Waals surface area contributed by atoms with Crippen LogP contribution < -0.4 is 19.8 Å². The van der Waals surface area contributed by atoms with Crippen LogP contribution in [0, 0.1) is 11.3 Å². The van der Waals surface area contributed by atoms with Gasteiger partial charge in [0.1, 0.15) is 12.2 Å². The molecule has 37 heavy (non-hydrogen) atoms. The molecule has 0 aliphatic carbocycles. The summed E-state index contributed by atoms with van der Waals surface area (Å²) in [5.41, 5.74) is 3.70. The minimum atomic E-state index is -3.86. The van der Waals surface area contributed by atoms with E-state index in [2.05, 4.69) is 15.8 Å². The molecule has 11 heteroatoms. The highest BCUT2D eigenvalue weighted by atomic mass is 32.2. The van der Waals surface area contributed by atoms with E-state index in [9.17, 15) is 18.0 Å². The molecule has 190 valence electrons. The van der Waals surface area contributed by atoms with Crippen molar-refractivity contribution >= 4 is 39.4 Å². The van der Waals surface area contributed by atoms with Crippen LogP contribution in [0.25, 0.3) is 0 Å². The first-order chi connectivity index (χ1) is 17.8. The average Bonchev–Trinajstić information content (AvgIpc) is 2.90. The number of anilines is 2. The number of amides is 2. The van der Waals surface area contributed by atoms with Crippen LogP contribution in [0.5, 0.6) is 5.75 Å². The van der Waals surface area contributed by atoms with Crippen molar-refractivity contribution in [2.45, 2.75) is 17.7 Å². The molecule has 0 aromatic heterocycles. The summed E-state index contributed by atoms with van der Waals surface area (Å²) in [7, 11) is -2.38. The van der Waals surface area contributed by atoms with Crippen LogP contribution in [0.2, 0.25) is 0 Å². The second-order valence-electron chi connectivity index (χ2n) is 7.61. The number of carbonyl (C=O) groups excluding carboxylic acids is 2. The number of sulfonamides is 1. The van der Waals surface area contributed by atoms with Gasteiger partial charge in [-0.3, -0.25) is 13.9 Å². The van der Waals surface area contributed by atoms with Gasteiger partial charge in [-0.2, -0.15) is 10.4 Å². The predicted molar refractivity (Wildman–Crippen MR) is 140 cm³/mol. The van der Waals surface area contributed by atoms with Crippen molar-refractivity contribution in [3.05, 3.63) is 84.4 Å².